The second-order valence-corrected chi connectivity index (χ2v) is 6.41. The minimum Gasteiger partial charge on any atom is -0.444 e. The number of amides is 1. The van der Waals surface area contributed by atoms with E-state index in [1.807, 2.05) is 27.7 Å². The quantitative estimate of drug-likeness (QED) is 0.851. The molecule has 7 heteroatoms. The van der Waals surface area contributed by atoms with Crippen LogP contribution in [0.3, 0.4) is 0 Å². The molecule has 0 N–H and O–H groups in total. The Bertz CT molecular complexity index is 487. The fourth-order valence-corrected chi connectivity index (χ4v) is 2.31. The molecule has 124 valence electrons. The summed E-state index contributed by atoms with van der Waals surface area (Å²) in [5, 5.41) is 8.08. The Morgan fingerprint density at radius 3 is 2.59 bits per heavy atom. The fourth-order valence-electron chi connectivity index (χ4n) is 2.31. The van der Waals surface area contributed by atoms with Gasteiger partial charge in [0.2, 0.25) is 11.8 Å². The third kappa shape index (κ3) is 4.69. The Morgan fingerprint density at radius 2 is 2.00 bits per heavy atom. The van der Waals surface area contributed by atoms with Gasteiger partial charge in [-0.2, -0.15) is 0 Å². The maximum atomic E-state index is 12.0. The average molecular weight is 311 g/mol. The maximum absolute atomic E-state index is 12.0. The van der Waals surface area contributed by atoms with Crippen molar-refractivity contribution in [1.82, 2.24) is 15.1 Å². The number of nitrogens with zero attached hydrogens (tertiary/aromatic N) is 3. The molecule has 1 aromatic rings. The van der Waals surface area contributed by atoms with Crippen LogP contribution in [-0.4, -0.2) is 46.5 Å². The first-order valence-electron chi connectivity index (χ1n) is 7.77. The highest BCUT2D eigenvalue weighted by molar-refractivity contribution is 5.68. The first-order chi connectivity index (χ1) is 10.4. The molecule has 0 radical (unpaired) electrons. The van der Waals surface area contributed by atoms with Crippen LogP contribution in [0, 0.1) is 0 Å². The molecule has 2 heterocycles. The average Bonchev–Trinajstić information content (AvgIpc) is 2.92. The standard InChI is InChI=1S/C15H25N3O4/c1-5-20-10-12-16-17-13(21-12)11-6-8-18(9-7-11)14(19)22-15(2,3)4/h11H,5-10H2,1-4H3. The molecule has 1 saturated heterocycles. The molecule has 2 rings (SSSR count). The van der Waals surface area contributed by atoms with Crippen LogP contribution in [0.4, 0.5) is 4.79 Å². The lowest BCUT2D eigenvalue weighted by Gasteiger charge is -2.32. The van der Waals surface area contributed by atoms with E-state index in [1.165, 1.54) is 0 Å². The zero-order chi connectivity index (χ0) is 16.2. The Hall–Kier alpha value is -1.63. The highest BCUT2D eigenvalue weighted by Crippen LogP contribution is 2.27. The van der Waals surface area contributed by atoms with Crippen LogP contribution in [0.2, 0.25) is 0 Å². The number of ether oxygens (including phenoxy) is 2. The molecule has 7 nitrogen and oxygen atoms in total. The Balaban J connectivity index is 1.84. The molecule has 0 atom stereocenters. The summed E-state index contributed by atoms with van der Waals surface area (Å²) in [5.74, 6) is 1.34. The molecular weight excluding hydrogens is 286 g/mol. The fraction of sp³-hybridized carbons (Fsp3) is 0.800. The molecular formula is C15H25N3O4. The van der Waals surface area contributed by atoms with Gasteiger partial charge in [-0.1, -0.05) is 0 Å². The summed E-state index contributed by atoms with van der Waals surface area (Å²) < 4.78 is 16.3. The third-order valence-electron chi connectivity index (χ3n) is 3.41. The SMILES string of the molecule is CCOCc1nnc(C2CCN(C(=O)OC(C)(C)C)CC2)o1. The van der Waals surface area contributed by atoms with Gasteiger partial charge in [0.15, 0.2) is 0 Å². The van der Waals surface area contributed by atoms with E-state index in [0.717, 1.165) is 12.8 Å². The largest absolute Gasteiger partial charge is 0.444 e. The van der Waals surface area contributed by atoms with Gasteiger partial charge in [-0.25, -0.2) is 4.79 Å². The first-order valence-corrected chi connectivity index (χ1v) is 7.77. The summed E-state index contributed by atoms with van der Waals surface area (Å²) in [4.78, 5) is 13.8. The van der Waals surface area contributed by atoms with Gasteiger partial charge in [0, 0.05) is 25.6 Å². The molecule has 1 aromatic heterocycles. The van der Waals surface area contributed by atoms with Crippen molar-refractivity contribution in [1.29, 1.82) is 0 Å². The number of carbonyl (C=O) groups is 1. The number of carbonyl (C=O) groups excluding carboxylic acids is 1. The van der Waals surface area contributed by atoms with Crippen LogP contribution in [-0.2, 0) is 16.1 Å². The third-order valence-corrected chi connectivity index (χ3v) is 3.41. The van der Waals surface area contributed by atoms with Crippen LogP contribution >= 0.6 is 0 Å². The van der Waals surface area contributed by atoms with Crippen LogP contribution < -0.4 is 0 Å². The molecule has 0 saturated carbocycles. The van der Waals surface area contributed by atoms with Crippen LogP contribution in [0.25, 0.3) is 0 Å². The van der Waals surface area contributed by atoms with Gasteiger partial charge in [0.25, 0.3) is 0 Å². The number of hydrogen-bond donors (Lipinski definition) is 0. The molecule has 1 fully saturated rings. The van der Waals surface area contributed by atoms with Crippen molar-refractivity contribution in [3.63, 3.8) is 0 Å². The zero-order valence-electron chi connectivity index (χ0n) is 13.8. The Kier molecular flexibility index (Phi) is 5.39. The Labute approximate surface area is 131 Å². The predicted molar refractivity (Wildman–Crippen MR) is 79.4 cm³/mol. The summed E-state index contributed by atoms with van der Waals surface area (Å²) in [6, 6.07) is 0. The van der Waals surface area contributed by atoms with Crippen molar-refractivity contribution >= 4 is 6.09 Å². The first kappa shape index (κ1) is 16.7. The molecule has 0 aromatic carbocycles. The second-order valence-electron chi connectivity index (χ2n) is 6.41. The summed E-state index contributed by atoms with van der Waals surface area (Å²) in [6.07, 6.45) is 1.35. The molecule has 0 bridgehead atoms. The molecule has 1 amide bonds. The van der Waals surface area contributed by atoms with Crippen LogP contribution in [0.5, 0.6) is 0 Å². The molecule has 0 unspecified atom stereocenters. The van der Waals surface area contributed by atoms with Crippen molar-refractivity contribution in [2.75, 3.05) is 19.7 Å². The maximum Gasteiger partial charge on any atom is 0.410 e. The molecule has 1 aliphatic rings. The van der Waals surface area contributed by atoms with Gasteiger partial charge in [0.05, 0.1) is 0 Å². The van der Waals surface area contributed by atoms with Gasteiger partial charge < -0.3 is 18.8 Å². The zero-order valence-corrected chi connectivity index (χ0v) is 13.8. The van der Waals surface area contributed by atoms with E-state index in [1.54, 1.807) is 4.90 Å². The van der Waals surface area contributed by atoms with Gasteiger partial charge in [0.1, 0.15) is 12.2 Å². The van der Waals surface area contributed by atoms with Crippen molar-refractivity contribution in [2.24, 2.45) is 0 Å². The Morgan fingerprint density at radius 1 is 1.32 bits per heavy atom. The molecule has 1 aliphatic heterocycles. The van der Waals surface area contributed by atoms with E-state index in [0.29, 0.717) is 38.1 Å². The molecule has 22 heavy (non-hydrogen) atoms. The summed E-state index contributed by atoms with van der Waals surface area (Å²) >= 11 is 0. The van der Waals surface area contributed by atoms with Crippen LogP contribution in [0.1, 0.15) is 58.2 Å². The highest BCUT2D eigenvalue weighted by Gasteiger charge is 2.29. The number of aromatic nitrogens is 2. The van der Waals surface area contributed by atoms with Crippen molar-refractivity contribution in [3.05, 3.63) is 11.8 Å². The molecule has 0 aliphatic carbocycles. The number of piperidine rings is 1. The lowest BCUT2D eigenvalue weighted by atomic mass is 9.97. The summed E-state index contributed by atoms with van der Waals surface area (Å²) in [7, 11) is 0. The van der Waals surface area contributed by atoms with E-state index >= 15 is 0 Å². The van der Waals surface area contributed by atoms with Crippen molar-refractivity contribution in [2.45, 2.75) is 58.7 Å². The lowest BCUT2D eigenvalue weighted by Crippen LogP contribution is -2.41. The monoisotopic (exact) mass is 311 g/mol. The van der Waals surface area contributed by atoms with Gasteiger partial charge in [-0.3, -0.25) is 0 Å². The topological polar surface area (TPSA) is 77.7 Å². The van der Waals surface area contributed by atoms with Gasteiger partial charge in [-0.15, -0.1) is 10.2 Å². The number of likely N-dealkylation sites (tertiary alicyclic amines) is 1. The van der Waals surface area contributed by atoms with Crippen molar-refractivity contribution < 1.29 is 18.7 Å². The number of rotatable bonds is 4. The van der Waals surface area contributed by atoms with E-state index < -0.39 is 5.60 Å². The van der Waals surface area contributed by atoms with Crippen molar-refractivity contribution in [3.8, 4) is 0 Å². The summed E-state index contributed by atoms with van der Waals surface area (Å²) in [6.45, 7) is 9.78. The van der Waals surface area contributed by atoms with E-state index in [4.69, 9.17) is 13.9 Å². The predicted octanol–water partition coefficient (Wildman–Crippen LogP) is 2.72. The van der Waals surface area contributed by atoms with Gasteiger partial charge >= 0.3 is 6.09 Å². The normalized spacial score (nSPS) is 16.8. The minimum atomic E-state index is -0.464. The lowest BCUT2D eigenvalue weighted by molar-refractivity contribution is 0.0198. The summed E-state index contributed by atoms with van der Waals surface area (Å²) in [5.41, 5.74) is -0.464. The second kappa shape index (κ2) is 7.09. The number of hydrogen-bond acceptors (Lipinski definition) is 6. The van der Waals surface area contributed by atoms with Crippen LogP contribution in [0.15, 0.2) is 4.42 Å². The highest BCUT2D eigenvalue weighted by atomic mass is 16.6. The van der Waals surface area contributed by atoms with E-state index in [2.05, 4.69) is 10.2 Å². The van der Waals surface area contributed by atoms with E-state index in [9.17, 15) is 4.79 Å². The smallest absolute Gasteiger partial charge is 0.410 e. The van der Waals surface area contributed by atoms with E-state index in [-0.39, 0.29) is 12.0 Å². The van der Waals surface area contributed by atoms with Gasteiger partial charge in [-0.05, 0) is 40.5 Å². The molecule has 0 spiro atoms. The minimum absolute atomic E-state index is 0.196.